The topological polar surface area (TPSA) is 74.3 Å². The summed E-state index contributed by atoms with van der Waals surface area (Å²) in [6, 6.07) is 16.1. The van der Waals surface area contributed by atoms with Crippen LogP contribution in [0.15, 0.2) is 52.9 Å². The summed E-state index contributed by atoms with van der Waals surface area (Å²) in [5.74, 6) is 1.11. The fourth-order valence-electron chi connectivity index (χ4n) is 3.93. The summed E-state index contributed by atoms with van der Waals surface area (Å²) in [6.07, 6.45) is 3.60. The number of nitrogens with one attached hydrogen (secondary N) is 1. The van der Waals surface area contributed by atoms with Crippen molar-refractivity contribution in [3.8, 4) is 23.3 Å². The van der Waals surface area contributed by atoms with Crippen molar-refractivity contribution in [2.24, 2.45) is 0 Å². The van der Waals surface area contributed by atoms with Crippen LogP contribution in [0.5, 0.6) is 5.75 Å². The van der Waals surface area contributed by atoms with Crippen LogP contribution < -0.4 is 10.1 Å². The number of benzene rings is 2. The van der Waals surface area contributed by atoms with Crippen molar-refractivity contribution in [3.63, 3.8) is 0 Å². The largest absolute Gasteiger partial charge is 0.497 e. The molecule has 0 radical (unpaired) electrons. The standard InChI is InChI=1S/C24H25FN4O2/c1-30-20-11-7-17(8-12-20)22(29-13-3-2-4-14-29)16-27-24-21(15-26)28-23(31-24)18-5-9-19(25)10-6-18/h5-12,22,27H,2-4,13-14,16H2,1H3. The molecule has 1 fully saturated rings. The van der Waals surface area contributed by atoms with E-state index in [-0.39, 0.29) is 23.4 Å². The highest BCUT2D eigenvalue weighted by Crippen LogP contribution is 2.29. The highest BCUT2D eigenvalue weighted by atomic mass is 19.1. The maximum atomic E-state index is 13.2. The molecule has 1 aliphatic rings. The summed E-state index contributed by atoms with van der Waals surface area (Å²) in [4.78, 5) is 6.73. The van der Waals surface area contributed by atoms with Gasteiger partial charge in [-0.3, -0.25) is 4.90 Å². The zero-order chi connectivity index (χ0) is 21.6. The van der Waals surface area contributed by atoms with E-state index in [1.165, 1.54) is 37.0 Å². The van der Waals surface area contributed by atoms with Crippen molar-refractivity contribution >= 4 is 5.88 Å². The van der Waals surface area contributed by atoms with Crippen molar-refractivity contribution in [1.29, 1.82) is 5.26 Å². The van der Waals surface area contributed by atoms with Crippen LogP contribution in [-0.2, 0) is 0 Å². The molecule has 1 unspecified atom stereocenters. The van der Waals surface area contributed by atoms with Crippen LogP contribution in [0.3, 0.4) is 0 Å². The lowest BCUT2D eigenvalue weighted by Gasteiger charge is -2.35. The summed E-state index contributed by atoms with van der Waals surface area (Å²) in [7, 11) is 1.66. The average molecular weight is 420 g/mol. The minimum Gasteiger partial charge on any atom is -0.497 e. The van der Waals surface area contributed by atoms with E-state index < -0.39 is 0 Å². The molecule has 3 aromatic rings. The van der Waals surface area contributed by atoms with Gasteiger partial charge < -0.3 is 14.5 Å². The Morgan fingerprint density at radius 3 is 2.48 bits per heavy atom. The highest BCUT2D eigenvalue weighted by Gasteiger charge is 2.24. The maximum absolute atomic E-state index is 13.2. The average Bonchev–Trinajstić information content (AvgIpc) is 3.24. The van der Waals surface area contributed by atoms with E-state index >= 15 is 0 Å². The van der Waals surface area contributed by atoms with Crippen LogP contribution in [-0.4, -0.2) is 36.6 Å². The molecule has 2 aromatic carbocycles. The molecule has 7 heteroatoms. The minimum atomic E-state index is -0.335. The Labute approximate surface area is 181 Å². The quantitative estimate of drug-likeness (QED) is 0.580. The van der Waals surface area contributed by atoms with Gasteiger partial charge in [0.2, 0.25) is 17.5 Å². The van der Waals surface area contributed by atoms with Crippen molar-refractivity contribution in [2.45, 2.75) is 25.3 Å². The van der Waals surface area contributed by atoms with Gasteiger partial charge in [0.1, 0.15) is 17.6 Å². The summed E-state index contributed by atoms with van der Waals surface area (Å²) < 4.78 is 24.4. The summed E-state index contributed by atoms with van der Waals surface area (Å²) in [6.45, 7) is 2.63. The SMILES string of the molecule is COc1ccc(C(CNc2oc(-c3ccc(F)cc3)nc2C#N)N2CCCCC2)cc1. The van der Waals surface area contributed by atoms with Gasteiger partial charge in [-0.15, -0.1) is 0 Å². The van der Waals surface area contributed by atoms with Crippen molar-refractivity contribution < 1.29 is 13.5 Å². The molecule has 1 saturated heterocycles. The molecule has 1 aliphatic heterocycles. The van der Waals surface area contributed by atoms with Gasteiger partial charge in [0.15, 0.2) is 0 Å². The van der Waals surface area contributed by atoms with E-state index in [0.29, 0.717) is 18.0 Å². The molecule has 0 saturated carbocycles. The lowest BCUT2D eigenvalue weighted by atomic mass is 10.0. The molecule has 2 heterocycles. The Kier molecular flexibility index (Phi) is 6.48. The van der Waals surface area contributed by atoms with Crippen LogP contribution in [0.25, 0.3) is 11.5 Å². The van der Waals surface area contributed by atoms with Crippen molar-refractivity contribution in [2.75, 3.05) is 32.1 Å². The molecule has 1 N–H and O–H groups in total. The second kappa shape index (κ2) is 9.63. The Balaban J connectivity index is 1.56. The van der Waals surface area contributed by atoms with E-state index in [4.69, 9.17) is 9.15 Å². The summed E-state index contributed by atoms with van der Waals surface area (Å²) >= 11 is 0. The van der Waals surface area contributed by atoms with Gasteiger partial charge in [0, 0.05) is 12.1 Å². The molecular formula is C24H25FN4O2. The molecule has 0 aliphatic carbocycles. The van der Waals surface area contributed by atoms with Crippen LogP contribution in [0.1, 0.15) is 36.6 Å². The lowest BCUT2D eigenvalue weighted by Crippen LogP contribution is -2.37. The molecule has 4 rings (SSSR count). The third kappa shape index (κ3) is 4.86. The number of anilines is 1. The molecule has 160 valence electrons. The number of oxazole rings is 1. The zero-order valence-corrected chi connectivity index (χ0v) is 17.5. The lowest BCUT2D eigenvalue weighted by molar-refractivity contribution is 0.170. The predicted molar refractivity (Wildman–Crippen MR) is 116 cm³/mol. The summed E-state index contributed by atoms with van der Waals surface area (Å²) in [5, 5.41) is 12.8. The van der Waals surface area contributed by atoms with Crippen LogP contribution >= 0.6 is 0 Å². The van der Waals surface area contributed by atoms with Gasteiger partial charge in [-0.2, -0.15) is 10.2 Å². The first-order chi connectivity index (χ1) is 15.2. The minimum absolute atomic E-state index is 0.122. The van der Waals surface area contributed by atoms with E-state index in [2.05, 4.69) is 33.4 Å². The number of rotatable bonds is 7. The van der Waals surface area contributed by atoms with Crippen LogP contribution in [0.4, 0.5) is 10.3 Å². The van der Waals surface area contributed by atoms with E-state index in [0.717, 1.165) is 18.8 Å². The molecule has 6 nitrogen and oxygen atoms in total. The number of nitrogens with zero attached hydrogens (tertiary/aromatic N) is 3. The number of hydrogen-bond acceptors (Lipinski definition) is 6. The number of nitriles is 1. The molecule has 1 atom stereocenters. The predicted octanol–water partition coefficient (Wildman–Crippen LogP) is 5.00. The molecule has 0 amide bonds. The summed E-state index contributed by atoms with van der Waals surface area (Å²) in [5.41, 5.74) is 1.98. The van der Waals surface area contributed by atoms with Gasteiger partial charge >= 0.3 is 0 Å². The van der Waals surface area contributed by atoms with Crippen molar-refractivity contribution in [1.82, 2.24) is 9.88 Å². The zero-order valence-electron chi connectivity index (χ0n) is 17.5. The Bertz CT molecular complexity index is 1030. The molecular weight excluding hydrogens is 395 g/mol. The number of hydrogen-bond donors (Lipinski definition) is 1. The van der Waals surface area contributed by atoms with Gasteiger partial charge in [0.05, 0.1) is 13.2 Å². The molecule has 31 heavy (non-hydrogen) atoms. The normalized spacial score (nSPS) is 15.3. The number of aromatic nitrogens is 1. The monoisotopic (exact) mass is 420 g/mol. The van der Waals surface area contributed by atoms with Gasteiger partial charge in [-0.05, 0) is 67.9 Å². The number of likely N-dealkylation sites (tertiary alicyclic amines) is 1. The molecule has 0 spiro atoms. The Hall–Kier alpha value is -3.37. The smallest absolute Gasteiger partial charge is 0.232 e. The number of methoxy groups -OCH3 is 1. The number of ether oxygens (including phenoxy) is 1. The maximum Gasteiger partial charge on any atom is 0.232 e. The van der Waals surface area contributed by atoms with Crippen LogP contribution in [0, 0.1) is 17.1 Å². The first kappa shape index (κ1) is 20.9. The van der Waals surface area contributed by atoms with Crippen LogP contribution in [0.2, 0.25) is 0 Å². The first-order valence-electron chi connectivity index (χ1n) is 10.5. The molecule has 1 aromatic heterocycles. The van der Waals surface area contributed by atoms with E-state index in [9.17, 15) is 9.65 Å². The van der Waals surface area contributed by atoms with Crippen molar-refractivity contribution in [3.05, 3.63) is 65.6 Å². The fourth-order valence-corrected chi connectivity index (χ4v) is 3.93. The second-order valence-corrected chi connectivity index (χ2v) is 7.58. The third-order valence-electron chi connectivity index (χ3n) is 5.61. The van der Waals surface area contributed by atoms with Gasteiger partial charge in [-0.1, -0.05) is 18.6 Å². The van der Waals surface area contributed by atoms with Gasteiger partial charge in [0.25, 0.3) is 0 Å². The number of halogens is 1. The fraction of sp³-hybridized carbons (Fsp3) is 0.333. The van der Waals surface area contributed by atoms with E-state index in [1.54, 1.807) is 19.2 Å². The Morgan fingerprint density at radius 2 is 1.84 bits per heavy atom. The number of piperidine rings is 1. The second-order valence-electron chi connectivity index (χ2n) is 7.58. The first-order valence-corrected chi connectivity index (χ1v) is 10.5. The highest BCUT2D eigenvalue weighted by molar-refractivity contribution is 5.58. The van der Waals surface area contributed by atoms with Gasteiger partial charge in [-0.25, -0.2) is 4.39 Å². The molecule has 0 bridgehead atoms. The van der Waals surface area contributed by atoms with E-state index in [1.807, 2.05) is 12.1 Å². The third-order valence-corrected chi connectivity index (χ3v) is 5.61. The Morgan fingerprint density at radius 1 is 1.13 bits per heavy atom.